The molecule has 0 aromatic heterocycles. The molecule has 2 saturated carbocycles. The van der Waals surface area contributed by atoms with Crippen LogP contribution in [0.15, 0.2) is 36.0 Å². The Balaban J connectivity index is 1.38. The summed E-state index contributed by atoms with van der Waals surface area (Å²) in [6.07, 6.45) is 6.36. The second-order valence-corrected chi connectivity index (χ2v) is 14.0. The number of carbonyl (C=O) groups excluding carboxylic acids is 3. The third kappa shape index (κ3) is 7.00. The van der Waals surface area contributed by atoms with Crippen molar-refractivity contribution >= 4 is 29.6 Å². The number of benzene rings is 1. The van der Waals surface area contributed by atoms with Crippen LogP contribution in [-0.2, 0) is 30.4 Å². The van der Waals surface area contributed by atoms with E-state index in [9.17, 15) is 24.3 Å². The fourth-order valence-electron chi connectivity index (χ4n) is 6.79. The summed E-state index contributed by atoms with van der Waals surface area (Å²) in [5.41, 5.74) is 0.634. The molecule has 3 aliphatic carbocycles. The zero-order valence-corrected chi connectivity index (χ0v) is 27.2. The maximum atomic E-state index is 14.2. The van der Waals surface area contributed by atoms with Gasteiger partial charge in [0, 0.05) is 17.9 Å². The van der Waals surface area contributed by atoms with Crippen LogP contribution >= 0.6 is 0 Å². The highest BCUT2D eigenvalue weighted by atomic mass is 16.6. The molecular formula is C34H46N4O8. The van der Waals surface area contributed by atoms with Gasteiger partial charge in [0.25, 0.3) is 0 Å². The van der Waals surface area contributed by atoms with Crippen molar-refractivity contribution in [2.75, 3.05) is 13.7 Å². The first kappa shape index (κ1) is 33.3. The van der Waals surface area contributed by atoms with E-state index in [1.165, 1.54) is 11.0 Å². The Labute approximate surface area is 269 Å². The van der Waals surface area contributed by atoms with Crippen LogP contribution in [0.25, 0.3) is 0 Å². The number of amides is 3. The number of oxime groups is 1. The first-order valence-electron chi connectivity index (χ1n) is 16.2. The molecule has 5 atom stereocenters. The molecule has 0 spiro atoms. The lowest BCUT2D eigenvalue weighted by Crippen LogP contribution is -2.59. The summed E-state index contributed by atoms with van der Waals surface area (Å²) in [6.45, 7) is 9.19. The Morgan fingerprint density at radius 2 is 1.87 bits per heavy atom. The van der Waals surface area contributed by atoms with Crippen molar-refractivity contribution in [3.8, 4) is 5.75 Å². The van der Waals surface area contributed by atoms with E-state index in [1.54, 1.807) is 7.11 Å². The molecule has 4 aliphatic rings. The van der Waals surface area contributed by atoms with Gasteiger partial charge in [-0.15, -0.1) is 6.58 Å². The van der Waals surface area contributed by atoms with Gasteiger partial charge in [-0.1, -0.05) is 38.1 Å². The number of ether oxygens (including phenoxy) is 2. The van der Waals surface area contributed by atoms with Crippen LogP contribution < -0.4 is 15.4 Å². The van der Waals surface area contributed by atoms with Gasteiger partial charge in [0.05, 0.1) is 19.4 Å². The van der Waals surface area contributed by atoms with Gasteiger partial charge in [-0.3, -0.25) is 9.59 Å². The second kappa shape index (κ2) is 13.3. The van der Waals surface area contributed by atoms with E-state index in [4.69, 9.17) is 14.3 Å². The van der Waals surface area contributed by atoms with E-state index in [0.717, 1.165) is 55.4 Å². The van der Waals surface area contributed by atoms with Crippen molar-refractivity contribution in [1.82, 2.24) is 15.5 Å². The maximum Gasteiger partial charge on any atom is 0.408 e. The third-order valence-corrected chi connectivity index (χ3v) is 9.63. The molecule has 3 fully saturated rings. The number of hydrogen-bond acceptors (Lipinski definition) is 8. The summed E-state index contributed by atoms with van der Waals surface area (Å²) in [5, 5.41) is 19.9. The van der Waals surface area contributed by atoms with Crippen molar-refractivity contribution < 1.29 is 38.6 Å². The van der Waals surface area contributed by atoms with Crippen LogP contribution in [0.1, 0.15) is 83.3 Å². The Morgan fingerprint density at radius 1 is 1.13 bits per heavy atom. The minimum Gasteiger partial charge on any atom is -0.497 e. The monoisotopic (exact) mass is 638 g/mol. The summed E-state index contributed by atoms with van der Waals surface area (Å²) in [6, 6.07) is 3.80. The van der Waals surface area contributed by atoms with Crippen LogP contribution in [0, 0.1) is 11.3 Å². The standard InChI is InChI=1S/C34H46N4O8/c1-6-21-18-34(21,31(41)42)36-29(39)27-17-24(46-37-26-13-9-10-20-14-15-23(44-5)16-25(20)26)19-38(27)30(40)28(33(2,3)4)35-32(43)45-22-11-7-8-12-22/h6,14-16,21-22,24,27-28H,1,7-13,17-19H2,2-5H3,(H,35,43)(H,36,39)(H,41,42)/b37-26+/t21-,24-,27+,28-,34+/m1/s1. The average Bonchev–Trinajstić information content (AvgIpc) is 3.30. The van der Waals surface area contributed by atoms with Gasteiger partial charge >= 0.3 is 12.1 Å². The maximum absolute atomic E-state index is 14.2. The van der Waals surface area contributed by atoms with Crippen molar-refractivity contribution in [1.29, 1.82) is 0 Å². The summed E-state index contributed by atoms with van der Waals surface area (Å²) in [7, 11) is 1.61. The Kier molecular flexibility index (Phi) is 9.65. The van der Waals surface area contributed by atoms with Crippen LogP contribution in [0.2, 0.25) is 0 Å². The van der Waals surface area contributed by atoms with Crippen molar-refractivity contribution in [2.24, 2.45) is 16.5 Å². The minimum absolute atomic E-state index is 0.0234. The number of rotatable bonds is 10. The highest BCUT2D eigenvalue weighted by Crippen LogP contribution is 2.45. The number of carbonyl (C=O) groups is 4. The largest absolute Gasteiger partial charge is 0.497 e. The molecule has 1 saturated heterocycles. The molecule has 1 aromatic rings. The molecule has 0 radical (unpaired) electrons. The normalized spacial score (nSPS) is 27.3. The molecule has 1 aromatic carbocycles. The van der Waals surface area contributed by atoms with E-state index in [1.807, 2.05) is 39.0 Å². The van der Waals surface area contributed by atoms with Crippen molar-refractivity contribution in [3.05, 3.63) is 42.0 Å². The molecule has 250 valence electrons. The van der Waals surface area contributed by atoms with Crippen LogP contribution in [-0.4, -0.2) is 83.1 Å². The summed E-state index contributed by atoms with van der Waals surface area (Å²) in [4.78, 5) is 60.5. The number of likely N-dealkylation sites (tertiary alicyclic amines) is 1. The number of aliphatic carboxylic acids is 1. The van der Waals surface area contributed by atoms with Gasteiger partial charge in [0.2, 0.25) is 11.8 Å². The number of nitrogens with one attached hydrogen (secondary N) is 2. The second-order valence-electron chi connectivity index (χ2n) is 14.0. The summed E-state index contributed by atoms with van der Waals surface area (Å²) >= 11 is 0. The van der Waals surface area contributed by atoms with Gasteiger partial charge in [-0.05, 0) is 74.5 Å². The number of carboxylic acid groups (broad SMARTS) is 1. The highest BCUT2D eigenvalue weighted by Gasteiger charge is 2.61. The van der Waals surface area contributed by atoms with Crippen LogP contribution in [0.3, 0.4) is 0 Å². The molecule has 1 aliphatic heterocycles. The van der Waals surface area contributed by atoms with Crippen molar-refractivity contribution in [2.45, 2.75) is 108 Å². The molecule has 12 nitrogen and oxygen atoms in total. The Hall–Kier alpha value is -4.09. The van der Waals surface area contributed by atoms with Crippen molar-refractivity contribution in [3.63, 3.8) is 0 Å². The molecule has 3 amide bonds. The Bertz CT molecular complexity index is 1400. The van der Waals surface area contributed by atoms with Crippen LogP contribution in [0.4, 0.5) is 4.79 Å². The lowest BCUT2D eigenvalue weighted by atomic mass is 9.85. The van der Waals surface area contributed by atoms with Crippen LogP contribution in [0.5, 0.6) is 5.75 Å². The van der Waals surface area contributed by atoms with E-state index in [-0.39, 0.29) is 25.5 Å². The topological polar surface area (TPSA) is 156 Å². The average molecular weight is 639 g/mol. The first-order valence-corrected chi connectivity index (χ1v) is 16.2. The number of methoxy groups -OCH3 is 1. The number of hydrogen-bond donors (Lipinski definition) is 3. The smallest absolute Gasteiger partial charge is 0.408 e. The van der Waals surface area contributed by atoms with Gasteiger partial charge < -0.3 is 35.0 Å². The molecular weight excluding hydrogens is 592 g/mol. The zero-order chi connectivity index (χ0) is 33.2. The van der Waals surface area contributed by atoms with E-state index in [0.29, 0.717) is 12.2 Å². The molecule has 0 unspecified atom stereocenters. The van der Waals surface area contributed by atoms with E-state index < -0.39 is 58.9 Å². The lowest BCUT2D eigenvalue weighted by molar-refractivity contribution is -0.146. The SMILES string of the molecule is C=C[C@@H]1C[C@@]1(NC(=O)[C@@H]1C[C@@H](O/N=C2\CCCc3ccc(OC)cc32)CN1C(=O)[C@@H](NC(=O)OC1CCCC1)C(C)(C)C)C(=O)O. The molecule has 0 bridgehead atoms. The number of fused-ring (bicyclic) bond motifs is 1. The number of carboxylic acids is 1. The zero-order valence-electron chi connectivity index (χ0n) is 27.2. The lowest BCUT2D eigenvalue weighted by Gasteiger charge is -2.35. The number of nitrogens with zero attached hydrogens (tertiary/aromatic N) is 2. The highest BCUT2D eigenvalue weighted by molar-refractivity contribution is 6.02. The first-order chi connectivity index (χ1) is 21.9. The Morgan fingerprint density at radius 3 is 2.50 bits per heavy atom. The molecule has 3 N–H and O–H groups in total. The predicted octanol–water partition coefficient (Wildman–Crippen LogP) is 3.95. The third-order valence-electron chi connectivity index (χ3n) is 9.63. The molecule has 12 heteroatoms. The molecule has 46 heavy (non-hydrogen) atoms. The number of aryl methyl sites for hydroxylation is 1. The quantitative estimate of drug-likeness (QED) is 0.257. The van der Waals surface area contributed by atoms with Gasteiger partial charge in [0.1, 0.15) is 35.6 Å². The van der Waals surface area contributed by atoms with Gasteiger partial charge in [-0.25, -0.2) is 9.59 Å². The fourth-order valence-corrected chi connectivity index (χ4v) is 6.79. The molecule has 5 rings (SSSR count). The summed E-state index contributed by atoms with van der Waals surface area (Å²) in [5.74, 6) is -1.96. The fraction of sp³-hybridized carbons (Fsp3) is 0.618. The van der Waals surface area contributed by atoms with Gasteiger partial charge in [-0.2, -0.15) is 0 Å². The van der Waals surface area contributed by atoms with E-state index in [2.05, 4.69) is 22.4 Å². The predicted molar refractivity (Wildman–Crippen MR) is 169 cm³/mol. The minimum atomic E-state index is -1.47. The number of alkyl carbamates (subject to hydrolysis) is 1. The summed E-state index contributed by atoms with van der Waals surface area (Å²) < 4.78 is 11.0. The molecule has 1 heterocycles. The van der Waals surface area contributed by atoms with E-state index >= 15 is 0 Å². The van der Waals surface area contributed by atoms with Gasteiger partial charge in [0.15, 0.2) is 0 Å².